The molecule has 1 aromatic rings. The van der Waals surface area contributed by atoms with E-state index in [4.69, 9.17) is 9.47 Å². The van der Waals surface area contributed by atoms with Gasteiger partial charge in [0, 0.05) is 18.9 Å². The third-order valence-corrected chi connectivity index (χ3v) is 4.13. The fraction of sp³-hybridized carbons (Fsp3) is 0.500. The van der Waals surface area contributed by atoms with Crippen molar-refractivity contribution in [2.45, 2.75) is 31.1 Å². The van der Waals surface area contributed by atoms with Crippen molar-refractivity contribution in [3.63, 3.8) is 0 Å². The quantitative estimate of drug-likeness (QED) is 0.791. The minimum Gasteiger partial charge on any atom is -0.374 e. The number of carbonyl (C=O) groups is 1. The molecule has 1 aliphatic carbocycles. The van der Waals surface area contributed by atoms with Crippen LogP contribution in [0, 0.1) is 0 Å². The maximum absolute atomic E-state index is 12.7. The summed E-state index contributed by atoms with van der Waals surface area (Å²) in [6.45, 7) is 5.32. The highest BCUT2D eigenvalue weighted by molar-refractivity contribution is 5.94. The lowest BCUT2D eigenvalue weighted by Gasteiger charge is -2.31. The van der Waals surface area contributed by atoms with E-state index in [1.54, 1.807) is 30.6 Å². The largest absolute Gasteiger partial charge is 0.374 e. The molecule has 5 nitrogen and oxygen atoms in total. The number of ether oxygens (including phenoxy) is 2. The second-order valence-corrected chi connectivity index (χ2v) is 5.38. The van der Waals surface area contributed by atoms with E-state index >= 15 is 0 Å². The van der Waals surface area contributed by atoms with Gasteiger partial charge in [-0.25, -0.2) is 0 Å². The maximum Gasteiger partial charge on any atom is 0.255 e. The number of amides is 1. The molecular formula is C16H20N2O3. The van der Waals surface area contributed by atoms with Crippen molar-refractivity contribution in [2.75, 3.05) is 19.8 Å². The Morgan fingerprint density at radius 3 is 3.24 bits per heavy atom. The lowest BCUT2D eigenvalue weighted by molar-refractivity contribution is -0.0434. The van der Waals surface area contributed by atoms with Crippen molar-refractivity contribution in [3.05, 3.63) is 42.7 Å². The van der Waals surface area contributed by atoms with Gasteiger partial charge in [0.05, 0.1) is 30.9 Å². The minimum atomic E-state index is -0.0638. The molecule has 2 aliphatic rings. The summed E-state index contributed by atoms with van der Waals surface area (Å²) in [6, 6.07) is 3.66. The van der Waals surface area contributed by atoms with Crippen LogP contribution < -0.4 is 0 Å². The Hall–Kier alpha value is -1.72. The SMILES string of the molecule is C=CCOC1C2CCC1N(C(=O)c1cccnc1)CCO2. The van der Waals surface area contributed by atoms with E-state index in [0.29, 0.717) is 25.3 Å². The van der Waals surface area contributed by atoms with E-state index < -0.39 is 0 Å². The van der Waals surface area contributed by atoms with Crippen LogP contribution in [0.2, 0.25) is 0 Å². The van der Waals surface area contributed by atoms with Crippen molar-refractivity contribution >= 4 is 5.91 Å². The fourth-order valence-corrected chi connectivity index (χ4v) is 3.20. The standard InChI is InChI=1S/C16H20N2O3/c1-2-9-21-15-13-5-6-14(15)20-10-8-18(13)16(19)12-4-3-7-17-11-12/h2-4,7,11,13-15H,1,5-6,8-10H2. The summed E-state index contributed by atoms with van der Waals surface area (Å²) in [5, 5.41) is 0. The average molecular weight is 288 g/mol. The highest BCUT2D eigenvalue weighted by atomic mass is 16.5. The molecule has 21 heavy (non-hydrogen) atoms. The second-order valence-electron chi connectivity index (χ2n) is 5.38. The summed E-state index contributed by atoms with van der Waals surface area (Å²) < 4.78 is 11.7. The van der Waals surface area contributed by atoms with Crippen LogP contribution in [0.1, 0.15) is 23.2 Å². The van der Waals surface area contributed by atoms with Crippen LogP contribution >= 0.6 is 0 Å². The van der Waals surface area contributed by atoms with Gasteiger partial charge in [0.15, 0.2) is 0 Å². The zero-order valence-corrected chi connectivity index (χ0v) is 12.0. The third kappa shape index (κ3) is 2.84. The minimum absolute atomic E-state index is 0.00598. The van der Waals surface area contributed by atoms with Crippen LogP contribution in [0.4, 0.5) is 0 Å². The lowest BCUT2D eigenvalue weighted by atomic mass is 10.1. The third-order valence-electron chi connectivity index (χ3n) is 4.13. The highest BCUT2D eigenvalue weighted by Gasteiger charge is 2.44. The van der Waals surface area contributed by atoms with Crippen LogP contribution in [-0.2, 0) is 9.47 Å². The molecule has 1 saturated carbocycles. The number of rotatable bonds is 4. The molecule has 3 atom stereocenters. The van der Waals surface area contributed by atoms with Gasteiger partial charge >= 0.3 is 0 Å². The molecule has 0 radical (unpaired) electrons. The Balaban J connectivity index is 1.81. The van der Waals surface area contributed by atoms with E-state index in [-0.39, 0.29) is 24.2 Å². The topological polar surface area (TPSA) is 51.7 Å². The smallest absolute Gasteiger partial charge is 0.255 e. The zero-order valence-electron chi connectivity index (χ0n) is 12.0. The normalized spacial score (nSPS) is 28.2. The van der Waals surface area contributed by atoms with Gasteiger partial charge in [-0.15, -0.1) is 6.58 Å². The summed E-state index contributed by atoms with van der Waals surface area (Å²) in [5.41, 5.74) is 0.616. The van der Waals surface area contributed by atoms with Crippen LogP contribution in [-0.4, -0.2) is 53.8 Å². The molecule has 112 valence electrons. The fourth-order valence-electron chi connectivity index (χ4n) is 3.20. The molecular weight excluding hydrogens is 268 g/mol. The molecule has 0 aromatic carbocycles. The van der Waals surface area contributed by atoms with Crippen LogP contribution in [0.3, 0.4) is 0 Å². The number of nitrogens with zero attached hydrogens (tertiary/aromatic N) is 2. The first-order chi connectivity index (χ1) is 10.3. The van der Waals surface area contributed by atoms with Gasteiger partial charge < -0.3 is 14.4 Å². The number of hydrogen-bond donors (Lipinski definition) is 0. The van der Waals surface area contributed by atoms with E-state index in [0.717, 1.165) is 12.8 Å². The first kappa shape index (κ1) is 14.2. The summed E-state index contributed by atoms with van der Waals surface area (Å²) in [5.74, 6) is 0.00598. The molecule has 1 aromatic heterocycles. The van der Waals surface area contributed by atoms with E-state index in [2.05, 4.69) is 11.6 Å². The Bertz CT molecular complexity index is 506. The number of aromatic nitrogens is 1. The van der Waals surface area contributed by atoms with Crippen molar-refractivity contribution in [1.29, 1.82) is 0 Å². The number of hydrogen-bond acceptors (Lipinski definition) is 4. The van der Waals surface area contributed by atoms with Gasteiger partial charge in [-0.05, 0) is 25.0 Å². The summed E-state index contributed by atoms with van der Waals surface area (Å²) in [7, 11) is 0. The zero-order chi connectivity index (χ0) is 14.7. The highest BCUT2D eigenvalue weighted by Crippen LogP contribution is 2.32. The molecule has 1 amide bonds. The Morgan fingerprint density at radius 1 is 1.57 bits per heavy atom. The maximum atomic E-state index is 12.7. The van der Waals surface area contributed by atoms with E-state index in [1.165, 1.54) is 0 Å². The Morgan fingerprint density at radius 2 is 2.48 bits per heavy atom. The molecule has 5 heteroatoms. The van der Waals surface area contributed by atoms with Gasteiger partial charge in [0.25, 0.3) is 5.91 Å². The van der Waals surface area contributed by atoms with Crippen LogP contribution in [0.15, 0.2) is 37.2 Å². The summed E-state index contributed by atoms with van der Waals surface area (Å²) in [4.78, 5) is 18.6. The second kappa shape index (κ2) is 6.37. The van der Waals surface area contributed by atoms with Gasteiger partial charge in [-0.1, -0.05) is 6.08 Å². The van der Waals surface area contributed by atoms with Crippen molar-refractivity contribution < 1.29 is 14.3 Å². The van der Waals surface area contributed by atoms with Crippen LogP contribution in [0.5, 0.6) is 0 Å². The number of pyridine rings is 1. The Labute approximate surface area is 124 Å². The Kier molecular flexibility index (Phi) is 4.31. The molecule has 3 unspecified atom stereocenters. The molecule has 1 saturated heterocycles. The predicted octanol–water partition coefficient (Wildman–Crippen LogP) is 1.66. The molecule has 2 heterocycles. The van der Waals surface area contributed by atoms with Crippen molar-refractivity contribution in [3.8, 4) is 0 Å². The number of fused-ring (bicyclic) bond motifs is 2. The predicted molar refractivity (Wildman–Crippen MR) is 78.0 cm³/mol. The number of carbonyl (C=O) groups excluding carboxylic acids is 1. The first-order valence-electron chi connectivity index (χ1n) is 7.36. The van der Waals surface area contributed by atoms with E-state index in [9.17, 15) is 4.79 Å². The summed E-state index contributed by atoms with van der Waals surface area (Å²) >= 11 is 0. The molecule has 2 fully saturated rings. The molecule has 2 bridgehead atoms. The van der Waals surface area contributed by atoms with Gasteiger partial charge in [-0.2, -0.15) is 0 Å². The average Bonchev–Trinajstić information content (AvgIpc) is 2.81. The van der Waals surface area contributed by atoms with Crippen molar-refractivity contribution in [2.24, 2.45) is 0 Å². The van der Waals surface area contributed by atoms with Crippen LogP contribution in [0.25, 0.3) is 0 Å². The van der Waals surface area contributed by atoms with Gasteiger partial charge in [0.1, 0.15) is 6.10 Å². The molecule has 0 N–H and O–H groups in total. The monoisotopic (exact) mass is 288 g/mol. The lowest BCUT2D eigenvalue weighted by Crippen LogP contribution is -2.46. The van der Waals surface area contributed by atoms with Crippen molar-refractivity contribution in [1.82, 2.24) is 9.88 Å². The molecule has 1 aliphatic heterocycles. The molecule has 3 rings (SSSR count). The molecule has 0 spiro atoms. The first-order valence-corrected chi connectivity index (χ1v) is 7.36. The van der Waals surface area contributed by atoms with E-state index in [1.807, 2.05) is 4.90 Å². The summed E-state index contributed by atoms with van der Waals surface area (Å²) in [6.07, 6.45) is 6.89. The van der Waals surface area contributed by atoms with Gasteiger partial charge in [0.2, 0.25) is 0 Å². The van der Waals surface area contributed by atoms with Gasteiger partial charge in [-0.3, -0.25) is 9.78 Å².